The van der Waals surface area contributed by atoms with E-state index in [1.807, 2.05) is 96.5 Å². The molecule has 0 aliphatic heterocycles. The minimum atomic E-state index is 0. The molecule has 234 valence electrons. The standard InChI is InChI=1S/C31H27N3.C10H9N2.Ir/c1-34-21-20-32-31(34)29-17-14-24(15-18-29)10-11-25-6-5-7-26(22-25)12-13-27-16-19-30(33-23-27)28-8-3-2-4-9-28;1-12-8-7-11-10(12)9-5-3-2-4-6-9;/h2-8,14-17,19-23H,10-13H2,1H3;2-5,7-8H,1H3;/q-2;-1;+3. The van der Waals surface area contributed by atoms with Crippen molar-refractivity contribution < 1.29 is 20.1 Å². The van der Waals surface area contributed by atoms with E-state index >= 15 is 0 Å². The minimum Gasteiger partial charge on any atom is -0.373 e. The topological polar surface area (TPSA) is 48.5 Å². The van der Waals surface area contributed by atoms with Crippen molar-refractivity contribution in [3.05, 3.63) is 175 Å². The molecule has 47 heavy (non-hydrogen) atoms. The number of benzene rings is 4. The number of hydrogen-bond donors (Lipinski definition) is 0. The molecule has 0 fully saturated rings. The van der Waals surface area contributed by atoms with Crippen LogP contribution in [0.2, 0.25) is 0 Å². The van der Waals surface area contributed by atoms with E-state index in [1.165, 1.54) is 22.3 Å². The monoisotopic (exact) mass is 791 g/mol. The van der Waals surface area contributed by atoms with Crippen LogP contribution in [0, 0.1) is 18.2 Å². The van der Waals surface area contributed by atoms with E-state index in [0.29, 0.717) is 0 Å². The first-order chi connectivity index (χ1) is 22.6. The van der Waals surface area contributed by atoms with Crippen LogP contribution in [-0.4, -0.2) is 24.1 Å². The quantitative estimate of drug-likeness (QED) is 0.139. The van der Waals surface area contributed by atoms with E-state index in [1.54, 1.807) is 6.20 Å². The van der Waals surface area contributed by atoms with Crippen LogP contribution in [0.5, 0.6) is 0 Å². The summed E-state index contributed by atoms with van der Waals surface area (Å²) in [6.07, 6.45) is 13.5. The molecule has 5 nitrogen and oxygen atoms in total. The van der Waals surface area contributed by atoms with Crippen LogP contribution in [0.1, 0.15) is 22.3 Å². The minimum absolute atomic E-state index is 0. The maximum Gasteiger partial charge on any atom is 3.00 e. The summed E-state index contributed by atoms with van der Waals surface area (Å²) in [7, 11) is 3.98. The Hall–Kier alpha value is -4.90. The van der Waals surface area contributed by atoms with E-state index in [9.17, 15) is 0 Å². The van der Waals surface area contributed by atoms with Gasteiger partial charge in [-0.05, 0) is 41.6 Å². The van der Waals surface area contributed by atoms with Gasteiger partial charge in [0.2, 0.25) is 0 Å². The number of aromatic nitrogens is 5. The predicted octanol–water partition coefficient (Wildman–Crippen LogP) is 8.20. The Morgan fingerprint density at radius 2 is 1.11 bits per heavy atom. The number of rotatable bonds is 9. The van der Waals surface area contributed by atoms with E-state index in [0.717, 1.165) is 59.7 Å². The summed E-state index contributed by atoms with van der Waals surface area (Å²) < 4.78 is 4.00. The first-order valence-electron chi connectivity index (χ1n) is 15.5. The number of pyridine rings is 1. The Morgan fingerprint density at radius 3 is 1.62 bits per heavy atom. The smallest absolute Gasteiger partial charge is 0.373 e. The van der Waals surface area contributed by atoms with E-state index < -0.39 is 0 Å². The van der Waals surface area contributed by atoms with Gasteiger partial charge in [-0.25, -0.2) is 0 Å². The van der Waals surface area contributed by atoms with Gasteiger partial charge in [0.05, 0.1) is 11.6 Å². The summed E-state index contributed by atoms with van der Waals surface area (Å²) in [6, 6.07) is 45.2. The zero-order valence-electron chi connectivity index (χ0n) is 26.6. The third-order valence-corrected chi connectivity index (χ3v) is 7.92. The van der Waals surface area contributed by atoms with Crippen LogP contribution in [-0.2, 0) is 59.9 Å². The van der Waals surface area contributed by atoms with Crippen molar-refractivity contribution in [3.8, 4) is 34.0 Å². The SMILES string of the molecule is Cn1ccnc1-c1[c-]cc(CCc2cccc(CCc3ccc(-c4[c-]cccc4)nc3)c2)cc1.Cn1ccnc1-c1[c-]cccc1.[Ir+3]. The van der Waals surface area contributed by atoms with Gasteiger partial charge in [-0.2, -0.15) is 0 Å². The number of hydrogen-bond acceptors (Lipinski definition) is 3. The molecule has 4 aromatic carbocycles. The molecule has 3 aromatic heterocycles. The number of nitrogens with zero attached hydrogens (tertiary/aromatic N) is 5. The van der Waals surface area contributed by atoms with Crippen LogP contribution in [0.3, 0.4) is 0 Å². The maximum absolute atomic E-state index is 4.63. The maximum atomic E-state index is 4.63. The molecular weight excluding hydrogens is 755 g/mol. The summed E-state index contributed by atoms with van der Waals surface area (Å²) in [6.45, 7) is 0. The van der Waals surface area contributed by atoms with E-state index in [2.05, 4.69) is 87.7 Å². The molecule has 0 bridgehead atoms. The third-order valence-electron chi connectivity index (χ3n) is 7.92. The first-order valence-corrected chi connectivity index (χ1v) is 15.5. The van der Waals surface area contributed by atoms with Crippen LogP contribution in [0.4, 0.5) is 0 Å². The third kappa shape index (κ3) is 9.10. The normalized spacial score (nSPS) is 10.5. The molecule has 0 radical (unpaired) electrons. The van der Waals surface area contributed by atoms with Gasteiger partial charge in [0.15, 0.2) is 0 Å². The molecular formula is C41H36IrN5. The molecule has 0 aliphatic carbocycles. The van der Waals surface area contributed by atoms with Crippen molar-refractivity contribution >= 4 is 0 Å². The Bertz CT molecular complexity index is 1940. The summed E-state index contributed by atoms with van der Waals surface area (Å²) in [5.74, 6) is 1.90. The van der Waals surface area contributed by atoms with Gasteiger partial charge in [0.25, 0.3) is 0 Å². The fourth-order valence-corrected chi connectivity index (χ4v) is 5.34. The fourth-order valence-electron chi connectivity index (χ4n) is 5.34. The average Bonchev–Trinajstić information content (AvgIpc) is 3.76. The Morgan fingerprint density at radius 1 is 0.532 bits per heavy atom. The second-order valence-corrected chi connectivity index (χ2v) is 11.3. The second-order valence-electron chi connectivity index (χ2n) is 11.3. The molecule has 0 amide bonds. The first kappa shape index (κ1) is 33.5. The number of imidazole rings is 2. The zero-order chi connectivity index (χ0) is 31.6. The van der Waals surface area contributed by atoms with Gasteiger partial charge in [-0.1, -0.05) is 42.8 Å². The predicted molar refractivity (Wildman–Crippen MR) is 185 cm³/mol. The van der Waals surface area contributed by atoms with Crippen LogP contribution < -0.4 is 0 Å². The Kier molecular flexibility index (Phi) is 11.8. The van der Waals surface area contributed by atoms with Gasteiger partial charge in [-0.3, -0.25) is 9.97 Å². The molecule has 7 aromatic rings. The van der Waals surface area contributed by atoms with Gasteiger partial charge in [0.1, 0.15) is 0 Å². The van der Waals surface area contributed by atoms with E-state index in [4.69, 9.17) is 0 Å². The van der Waals surface area contributed by atoms with Gasteiger partial charge >= 0.3 is 20.1 Å². The molecule has 0 spiro atoms. The van der Waals surface area contributed by atoms with Crippen LogP contribution in [0.25, 0.3) is 34.0 Å². The molecule has 0 saturated heterocycles. The van der Waals surface area contributed by atoms with Crippen molar-refractivity contribution in [3.63, 3.8) is 0 Å². The second kappa shape index (κ2) is 16.6. The van der Waals surface area contributed by atoms with Crippen molar-refractivity contribution in [2.24, 2.45) is 14.1 Å². The van der Waals surface area contributed by atoms with Crippen molar-refractivity contribution in [2.45, 2.75) is 25.7 Å². The zero-order valence-corrected chi connectivity index (χ0v) is 29.0. The molecule has 0 N–H and O–H groups in total. The van der Waals surface area contributed by atoms with Gasteiger partial charge in [0, 0.05) is 45.1 Å². The van der Waals surface area contributed by atoms with Crippen molar-refractivity contribution in [1.29, 1.82) is 0 Å². The average molecular weight is 791 g/mol. The molecule has 0 atom stereocenters. The molecule has 6 heteroatoms. The molecule has 3 heterocycles. The van der Waals surface area contributed by atoms with Crippen molar-refractivity contribution in [1.82, 2.24) is 24.1 Å². The van der Waals surface area contributed by atoms with Gasteiger partial charge in [-0.15, -0.1) is 107 Å². The molecule has 0 aliphatic rings. The Labute approximate surface area is 291 Å². The largest absolute Gasteiger partial charge is 3.00 e. The number of aryl methyl sites for hydroxylation is 6. The summed E-state index contributed by atoms with van der Waals surface area (Å²) in [5, 5.41) is 0. The van der Waals surface area contributed by atoms with Crippen molar-refractivity contribution in [2.75, 3.05) is 0 Å². The van der Waals surface area contributed by atoms with Crippen LogP contribution in [0.15, 0.2) is 134 Å². The van der Waals surface area contributed by atoms with Crippen LogP contribution >= 0.6 is 0 Å². The summed E-state index contributed by atoms with van der Waals surface area (Å²) in [5.41, 5.74) is 9.36. The molecule has 0 saturated carbocycles. The summed E-state index contributed by atoms with van der Waals surface area (Å²) >= 11 is 0. The fraction of sp³-hybridized carbons (Fsp3) is 0.146. The van der Waals surface area contributed by atoms with E-state index in [-0.39, 0.29) is 20.1 Å². The summed E-state index contributed by atoms with van der Waals surface area (Å²) in [4.78, 5) is 13.2. The van der Waals surface area contributed by atoms with Gasteiger partial charge < -0.3 is 14.1 Å². The Balaban J connectivity index is 0.000000280. The molecule has 0 unspecified atom stereocenters. The molecule has 7 rings (SSSR count).